The Balaban J connectivity index is 1.34. The highest BCUT2D eigenvalue weighted by Gasteiger charge is 2.42. The van der Waals surface area contributed by atoms with Gasteiger partial charge < -0.3 is 20.3 Å². The van der Waals surface area contributed by atoms with Gasteiger partial charge in [-0.3, -0.25) is 4.79 Å². The Morgan fingerprint density at radius 3 is 2.83 bits per heavy atom. The molecule has 2 bridgehead atoms. The molecule has 0 spiro atoms. The molecule has 3 fully saturated rings. The van der Waals surface area contributed by atoms with Crippen molar-refractivity contribution in [3.8, 4) is 0 Å². The summed E-state index contributed by atoms with van der Waals surface area (Å²) in [4.78, 5) is 26.4. The minimum atomic E-state index is -0.497. The molecule has 3 aliphatic rings. The first-order valence-electron chi connectivity index (χ1n) is 8.39. The van der Waals surface area contributed by atoms with Crippen molar-refractivity contribution in [2.24, 2.45) is 0 Å². The molecule has 0 aliphatic carbocycles. The summed E-state index contributed by atoms with van der Waals surface area (Å²) in [5.74, 6) is -0.100. The van der Waals surface area contributed by atoms with Gasteiger partial charge in [0.2, 0.25) is 5.91 Å². The van der Waals surface area contributed by atoms with Gasteiger partial charge in [0, 0.05) is 17.3 Å². The number of hydrogen-bond acceptors (Lipinski definition) is 3. The van der Waals surface area contributed by atoms with E-state index in [1.54, 1.807) is 17.0 Å². The summed E-state index contributed by atoms with van der Waals surface area (Å²) in [5.41, 5.74) is 0.763. The van der Waals surface area contributed by atoms with Crippen molar-refractivity contribution in [3.05, 3.63) is 29.3 Å². The minimum Gasteiger partial charge on any atom is -0.373 e. The molecule has 3 amide bonds. The molecule has 4 atom stereocenters. The molecule has 3 heterocycles. The lowest BCUT2D eigenvalue weighted by Gasteiger charge is -2.22. The van der Waals surface area contributed by atoms with E-state index < -0.39 is 6.04 Å². The fourth-order valence-electron chi connectivity index (χ4n) is 3.87. The maximum absolute atomic E-state index is 12.5. The summed E-state index contributed by atoms with van der Waals surface area (Å²) in [6.07, 6.45) is 3.95. The topological polar surface area (TPSA) is 70.7 Å². The number of halogens is 1. The van der Waals surface area contributed by atoms with E-state index in [1.165, 1.54) is 0 Å². The van der Waals surface area contributed by atoms with E-state index in [0.717, 1.165) is 24.9 Å². The summed E-state index contributed by atoms with van der Waals surface area (Å²) in [6.45, 7) is 0.571. The van der Waals surface area contributed by atoms with Gasteiger partial charge in [0.1, 0.15) is 6.04 Å². The smallest absolute Gasteiger partial charge is 0.315 e. The number of nitrogens with one attached hydrogen (secondary N) is 2. The molecule has 1 aromatic carbocycles. The summed E-state index contributed by atoms with van der Waals surface area (Å²) >= 11 is 5.99. The Labute approximate surface area is 145 Å². The second kappa shape index (κ2) is 6.26. The molecular weight excluding hydrogens is 330 g/mol. The fraction of sp³-hybridized carbons (Fsp3) is 0.529. The summed E-state index contributed by atoms with van der Waals surface area (Å²) < 4.78 is 5.73. The number of rotatable bonds is 3. The number of carbonyl (C=O) groups is 2. The van der Waals surface area contributed by atoms with Gasteiger partial charge in [-0.15, -0.1) is 0 Å². The number of carbonyl (C=O) groups excluding carboxylic acids is 2. The molecule has 128 valence electrons. The van der Waals surface area contributed by atoms with E-state index in [1.807, 2.05) is 12.1 Å². The molecule has 0 aromatic heterocycles. The Hall–Kier alpha value is -1.79. The number of nitrogens with zero attached hydrogens (tertiary/aromatic N) is 1. The van der Waals surface area contributed by atoms with Crippen LogP contribution < -0.4 is 15.5 Å². The highest BCUT2D eigenvalue weighted by molar-refractivity contribution is 6.31. The van der Waals surface area contributed by atoms with Crippen LogP contribution in [0.3, 0.4) is 0 Å². The Bertz CT molecular complexity index is 668. The molecule has 6 nitrogen and oxygen atoms in total. The Morgan fingerprint density at radius 2 is 2.12 bits per heavy atom. The number of ether oxygens (including phenoxy) is 1. The zero-order valence-electron chi connectivity index (χ0n) is 13.2. The van der Waals surface area contributed by atoms with Crippen LogP contribution in [0, 0.1) is 0 Å². The van der Waals surface area contributed by atoms with Gasteiger partial charge in [-0.2, -0.15) is 0 Å². The number of fused-ring (bicyclic) bond motifs is 2. The van der Waals surface area contributed by atoms with E-state index in [2.05, 4.69) is 10.6 Å². The van der Waals surface area contributed by atoms with Crippen LogP contribution in [-0.4, -0.2) is 42.8 Å². The third-order valence-electron chi connectivity index (χ3n) is 5.05. The molecule has 4 rings (SSSR count). The van der Waals surface area contributed by atoms with Crippen LogP contribution in [-0.2, 0) is 9.53 Å². The van der Waals surface area contributed by atoms with Crippen molar-refractivity contribution in [3.63, 3.8) is 0 Å². The maximum atomic E-state index is 12.5. The first-order valence-corrected chi connectivity index (χ1v) is 8.77. The number of anilines is 1. The van der Waals surface area contributed by atoms with E-state index in [-0.39, 0.29) is 30.2 Å². The highest BCUT2D eigenvalue weighted by atomic mass is 35.5. The number of benzene rings is 1. The van der Waals surface area contributed by atoms with Gasteiger partial charge in [0.05, 0.1) is 18.2 Å². The lowest BCUT2D eigenvalue weighted by molar-refractivity contribution is -0.118. The monoisotopic (exact) mass is 349 g/mol. The van der Waals surface area contributed by atoms with E-state index in [9.17, 15) is 9.59 Å². The van der Waals surface area contributed by atoms with Gasteiger partial charge >= 0.3 is 6.03 Å². The zero-order chi connectivity index (χ0) is 16.7. The van der Waals surface area contributed by atoms with Crippen LogP contribution in [0.15, 0.2) is 24.3 Å². The van der Waals surface area contributed by atoms with E-state index >= 15 is 0 Å². The van der Waals surface area contributed by atoms with Crippen LogP contribution >= 0.6 is 11.6 Å². The molecular formula is C17H20ClN3O3. The van der Waals surface area contributed by atoms with Gasteiger partial charge in [-0.1, -0.05) is 17.7 Å². The number of amides is 3. The lowest BCUT2D eigenvalue weighted by Crippen LogP contribution is -2.51. The second-order valence-corrected chi connectivity index (χ2v) is 7.08. The summed E-state index contributed by atoms with van der Waals surface area (Å²) in [7, 11) is 0. The van der Waals surface area contributed by atoms with Gasteiger partial charge in [0.25, 0.3) is 0 Å². The van der Waals surface area contributed by atoms with Crippen LogP contribution in [0.2, 0.25) is 5.02 Å². The van der Waals surface area contributed by atoms with Crippen molar-refractivity contribution in [2.75, 3.05) is 11.4 Å². The van der Waals surface area contributed by atoms with E-state index in [4.69, 9.17) is 16.3 Å². The normalized spacial score (nSPS) is 31.5. The third-order valence-corrected chi connectivity index (χ3v) is 5.29. The molecule has 7 heteroatoms. The maximum Gasteiger partial charge on any atom is 0.315 e. The van der Waals surface area contributed by atoms with Crippen molar-refractivity contribution in [1.82, 2.24) is 10.6 Å². The minimum absolute atomic E-state index is 0.0595. The average molecular weight is 350 g/mol. The molecule has 2 N–H and O–H groups in total. The van der Waals surface area contributed by atoms with Crippen LogP contribution in [0.5, 0.6) is 0 Å². The molecule has 3 aliphatic heterocycles. The summed E-state index contributed by atoms with van der Waals surface area (Å²) in [6, 6.07) is 6.46. The van der Waals surface area contributed by atoms with Crippen LogP contribution in [0.25, 0.3) is 0 Å². The lowest BCUT2D eigenvalue weighted by atomic mass is 9.96. The fourth-order valence-corrected chi connectivity index (χ4v) is 4.06. The predicted molar refractivity (Wildman–Crippen MR) is 90.2 cm³/mol. The first-order chi connectivity index (χ1) is 11.6. The second-order valence-electron chi connectivity index (χ2n) is 6.64. The number of urea groups is 1. The molecule has 1 aromatic rings. The van der Waals surface area contributed by atoms with Gasteiger partial charge in [-0.25, -0.2) is 4.79 Å². The van der Waals surface area contributed by atoms with Crippen molar-refractivity contribution < 1.29 is 14.3 Å². The largest absolute Gasteiger partial charge is 0.373 e. The summed E-state index contributed by atoms with van der Waals surface area (Å²) in [5, 5.41) is 6.34. The van der Waals surface area contributed by atoms with Gasteiger partial charge in [0.15, 0.2) is 0 Å². The molecule has 24 heavy (non-hydrogen) atoms. The SMILES string of the molecule is O=C(N[C@@H]1CCN(c2cccc(Cl)c2)C1=O)N[C@@H]1C[C@H]2CC[C@@H]1O2. The molecule has 0 saturated carbocycles. The predicted octanol–water partition coefficient (Wildman–Crippen LogP) is 2.06. The van der Waals surface area contributed by atoms with Crippen LogP contribution in [0.4, 0.5) is 10.5 Å². The average Bonchev–Trinajstić information content (AvgIpc) is 3.24. The van der Waals surface area contributed by atoms with Crippen molar-refractivity contribution in [1.29, 1.82) is 0 Å². The molecule has 0 radical (unpaired) electrons. The standard InChI is InChI=1S/C17H20ClN3O3/c18-10-2-1-3-11(8-10)21-7-6-13(16(21)22)19-17(23)20-14-9-12-4-5-15(14)24-12/h1-3,8,12-15H,4-7,9H2,(H2,19,20,23)/t12-,13-,14-,15+/m1/s1. The van der Waals surface area contributed by atoms with Crippen LogP contribution in [0.1, 0.15) is 25.7 Å². The quantitative estimate of drug-likeness (QED) is 0.877. The van der Waals surface area contributed by atoms with E-state index in [0.29, 0.717) is 18.0 Å². The highest BCUT2D eigenvalue weighted by Crippen LogP contribution is 2.34. The molecule has 3 saturated heterocycles. The Kier molecular flexibility index (Phi) is 4.10. The van der Waals surface area contributed by atoms with Crippen molar-refractivity contribution >= 4 is 29.2 Å². The van der Waals surface area contributed by atoms with Gasteiger partial charge in [-0.05, 0) is 43.9 Å². The zero-order valence-corrected chi connectivity index (χ0v) is 14.0. The number of hydrogen-bond donors (Lipinski definition) is 2. The van der Waals surface area contributed by atoms with Crippen molar-refractivity contribution in [2.45, 2.75) is 50.0 Å². The first kappa shape index (κ1) is 15.7. The molecule has 0 unspecified atom stereocenters. The Morgan fingerprint density at radius 1 is 1.25 bits per heavy atom. The third kappa shape index (κ3) is 2.96.